The third-order valence-corrected chi connectivity index (χ3v) is 3.93. The van der Waals surface area contributed by atoms with Crippen molar-refractivity contribution in [3.05, 3.63) is 52.5 Å². The van der Waals surface area contributed by atoms with Crippen LogP contribution in [-0.2, 0) is 0 Å². The molecule has 0 saturated heterocycles. The van der Waals surface area contributed by atoms with Gasteiger partial charge in [-0.05, 0) is 52.7 Å². The number of nitrogens with zero attached hydrogens (tertiary/aromatic N) is 1. The molecular weight excluding hydrogens is 316 g/mol. The van der Waals surface area contributed by atoms with Crippen molar-refractivity contribution in [3.63, 3.8) is 0 Å². The van der Waals surface area contributed by atoms with Crippen LogP contribution in [0.15, 0.2) is 46.9 Å². The van der Waals surface area contributed by atoms with Crippen LogP contribution in [0.5, 0.6) is 5.75 Å². The number of hydrogen-bond donors (Lipinski definition) is 1. The number of benzene rings is 2. The molecule has 0 amide bonds. The topological polar surface area (TPSA) is 38.5 Å². The van der Waals surface area contributed by atoms with Gasteiger partial charge in [-0.2, -0.15) is 0 Å². The molecule has 1 atom stereocenters. The van der Waals surface area contributed by atoms with Crippen LogP contribution in [0.2, 0.25) is 0 Å². The molecule has 0 aliphatic rings. The first-order chi connectivity index (χ1) is 9.52. The van der Waals surface area contributed by atoms with E-state index in [0.717, 1.165) is 27.2 Å². The molecule has 3 nitrogen and oxygen atoms in total. The lowest BCUT2D eigenvalue weighted by molar-refractivity contribution is 0.415. The molecule has 0 radical (unpaired) electrons. The van der Waals surface area contributed by atoms with Crippen LogP contribution in [0.3, 0.4) is 0 Å². The second-order valence-electron chi connectivity index (χ2n) is 4.76. The molecule has 0 aliphatic heterocycles. The number of nitrogens with two attached hydrogens (primary N) is 1. The Hall–Kier alpha value is -1.52. The standard InChI is InChI=1S/C16H19BrN2O/c1-11(18)12-7-8-16(15(17)9-12)19(2)13-5-4-6-14(10-13)20-3/h4-11H,18H2,1-3H3/t11-/m1/s1. The van der Waals surface area contributed by atoms with Crippen LogP contribution in [-0.4, -0.2) is 14.2 Å². The maximum Gasteiger partial charge on any atom is 0.120 e. The van der Waals surface area contributed by atoms with Crippen molar-refractivity contribution in [1.82, 2.24) is 0 Å². The fourth-order valence-corrected chi connectivity index (χ4v) is 2.70. The van der Waals surface area contributed by atoms with Gasteiger partial charge in [0, 0.05) is 29.3 Å². The van der Waals surface area contributed by atoms with Crippen LogP contribution >= 0.6 is 15.9 Å². The van der Waals surface area contributed by atoms with Gasteiger partial charge in [0.15, 0.2) is 0 Å². The summed E-state index contributed by atoms with van der Waals surface area (Å²) in [6.07, 6.45) is 0. The number of hydrogen-bond acceptors (Lipinski definition) is 3. The lowest BCUT2D eigenvalue weighted by Crippen LogP contribution is -2.11. The van der Waals surface area contributed by atoms with Gasteiger partial charge in [-0.15, -0.1) is 0 Å². The first-order valence-corrected chi connectivity index (χ1v) is 7.25. The predicted octanol–water partition coefficient (Wildman–Crippen LogP) is 4.25. The van der Waals surface area contributed by atoms with Crippen molar-refractivity contribution >= 4 is 27.3 Å². The summed E-state index contributed by atoms with van der Waals surface area (Å²) in [6, 6.07) is 14.2. The molecule has 4 heteroatoms. The number of ether oxygens (including phenoxy) is 1. The van der Waals surface area contributed by atoms with Crippen molar-refractivity contribution in [1.29, 1.82) is 0 Å². The normalized spacial score (nSPS) is 12.1. The zero-order valence-electron chi connectivity index (χ0n) is 11.9. The summed E-state index contributed by atoms with van der Waals surface area (Å²) in [5.74, 6) is 0.845. The van der Waals surface area contributed by atoms with E-state index in [1.807, 2.05) is 32.2 Å². The highest BCUT2D eigenvalue weighted by Gasteiger charge is 2.10. The predicted molar refractivity (Wildman–Crippen MR) is 87.8 cm³/mol. The highest BCUT2D eigenvalue weighted by Crippen LogP contribution is 2.33. The molecule has 0 spiro atoms. The summed E-state index contributed by atoms with van der Waals surface area (Å²) < 4.78 is 6.29. The zero-order chi connectivity index (χ0) is 14.7. The molecule has 2 aromatic rings. The van der Waals surface area contributed by atoms with E-state index >= 15 is 0 Å². The molecule has 0 unspecified atom stereocenters. The Morgan fingerprint density at radius 1 is 1.20 bits per heavy atom. The third-order valence-electron chi connectivity index (χ3n) is 3.30. The molecular formula is C16H19BrN2O. The quantitative estimate of drug-likeness (QED) is 0.908. The largest absolute Gasteiger partial charge is 0.497 e. The van der Waals surface area contributed by atoms with Crippen molar-refractivity contribution in [2.45, 2.75) is 13.0 Å². The van der Waals surface area contributed by atoms with Crippen LogP contribution in [0, 0.1) is 0 Å². The molecule has 106 valence electrons. The van der Waals surface area contributed by atoms with Gasteiger partial charge in [0.25, 0.3) is 0 Å². The second kappa shape index (κ2) is 6.29. The lowest BCUT2D eigenvalue weighted by Gasteiger charge is -2.22. The van der Waals surface area contributed by atoms with Gasteiger partial charge < -0.3 is 15.4 Å². The Kier molecular flexibility index (Phi) is 4.68. The van der Waals surface area contributed by atoms with E-state index in [4.69, 9.17) is 10.5 Å². The summed E-state index contributed by atoms with van der Waals surface area (Å²) in [6.45, 7) is 1.98. The summed E-state index contributed by atoms with van der Waals surface area (Å²) in [5, 5.41) is 0. The minimum Gasteiger partial charge on any atom is -0.497 e. The number of halogens is 1. The molecule has 0 heterocycles. The van der Waals surface area contributed by atoms with Crippen molar-refractivity contribution in [2.24, 2.45) is 5.73 Å². The fraction of sp³-hybridized carbons (Fsp3) is 0.250. The monoisotopic (exact) mass is 334 g/mol. The van der Waals surface area contributed by atoms with Gasteiger partial charge in [-0.25, -0.2) is 0 Å². The Bertz CT molecular complexity index is 599. The highest BCUT2D eigenvalue weighted by molar-refractivity contribution is 9.10. The number of methoxy groups -OCH3 is 1. The summed E-state index contributed by atoms with van der Waals surface area (Å²) in [7, 11) is 3.70. The average molecular weight is 335 g/mol. The molecule has 2 N–H and O–H groups in total. The summed E-state index contributed by atoms with van der Waals surface area (Å²) >= 11 is 3.62. The highest BCUT2D eigenvalue weighted by atomic mass is 79.9. The van der Waals surface area contributed by atoms with E-state index in [1.165, 1.54) is 0 Å². The van der Waals surface area contributed by atoms with Crippen LogP contribution < -0.4 is 15.4 Å². The third kappa shape index (κ3) is 3.14. The van der Waals surface area contributed by atoms with Gasteiger partial charge in [0.2, 0.25) is 0 Å². The van der Waals surface area contributed by atoms with Crippen molar-refractivity contribution < 1.29 is 4.74 Å². The van der Waals surface area contributed by atoms with E-state index < -0.39 is 0 Å². The smallest absolute Gasteiger partial charge is 0.120 e. The molecule has 2 rings (SSSR count). The van der Waals surface area contributed by atoms with E-state index in [9.17, 15) is 0 Å². The summed E-state index contributed by atoms with van der Waals surface area (Å²) in [4.78, 5) is 2.11. The van der Waals surface area contributed by atoms with Gasteiger partial charge in [-0.1, -0.05) is 12.1 Å². The first kappa shape index (κ1) is 14.9. The fourth-order valence-electron chi connectivity index (χ4n) is 2.04. The van der Waals surface area contributed by atoms with Crippen LogP contribution in [0.1, 0.15) is 18.5 Å². The Balaban J connectivity index is 2.35. The first-order valence-electron chi connectivity index (χ1n) is 6.45. The Morgan fingerprint density at radius 3 is 2.55 bits per heavy atom. The van der Waals surface area contributed by atoms with Crippen molar-refractivity contribution in [2.75, 3.05) is 19.1 Å². The molecule has 0 aliphatic carbocycles. The minimum atomic E-state index is 0.0301. The van der Waals surface area contributed by atoms with Gasteiger partial charge in [-0.3, -0.25) is 0 Å². The Morgan fingerprint density at radius 2 is 1.95 bits per heavy atom. The van der Waals surface area contributed by atoms with E-state index in [1.54, 1.807) is 7.11 Å². The molecule has 0 bridgehead atoms. The van der Waals surface area contributed by atoms with Crippen LogP contribution in [0.4, 0.5) is 11.4 Å². The maximum atomic E-state index is 5.91. The molecule has 20 heavy (non-hydrogen) atoms. The minimum absolute atomic E-state index is 0.0301. The maximum absolute atomic E-state index is 5.91. The lowest BCUT2D eigenvalue weighted by atomic mass is 10.1. The van der Waals surface area contributed by atoms with E-state index in [0.29, 0.717) is 0 Å². The van der Waals surface area contributed by atoms with Gasteiger partial charge >= 0.3 is 0 Å². The number of rotatable bonds is 4. The Labute approximate surface area is 128 Å². The van der Waals surface area contributed by atoms with E-state index in [-0.39, 0.29) is 6.04 Å². The molecule has 0 saturated carbocycles. The van der Waals surface area contributed by atoms with Gasteiger partial charge in [0.05, 0.1) is 12.8 Å². The second-order valence-corrected chi connectivity index (χ2v) is 5.61. The zero-order valence-corrected chi connectivity index (χ0v) is 13.5. The van der Waals surface area contributed by atoms with E-state index in [2.05, 4.69) is 45.1 Å². The number of anilines is 2. The van der Waals surface area contributed by atoms with Crippen molar-refractivity contribution in [3.8, 4) is 5.75 Å². The summed E-state index contributed by atoms with van der Waals surface area (Å²) in [5.41, 5.74) is 9.17. The molecule has 2 aromatic carbocycles. The molecule has 0 aromatic heterocycles. The van der Waals surface area contributed by atoms with Gasteiger partial charge in [0.1, 0.15) is 5.75 Å². The average Bonchev–Trinajstić information content (AvgIpc) is 2.46. The van der Waals surface area contributed by atoms with Crippen LogP contribution in [0.25, 0.3) is 0 Å². The SMILES string of the molecule is COc1cccc(N(C)c2ccc([C@@H](C)N)cc2Br)c1. The molecule has 0 fully saturated rings.